The number of nitrogens with zero attached hydrogens (tertiary/aromatic N) is 4. The highest BCUT2D eigenvalue weighted by molar-refractivity contribution is 6.04. The smallest absolute Gasteiger partial charge is 0.417 e. The second-order valence-corrected chi connectivity index (χ2v) is 18.8. The summed E-state index contributed by atoms with van der Waals surface area (Å²) in [6.45, 7) is -3.44. The topological polar surface area (TPSA) is 413 Å². The molecule has 1 heterocycles. The van der Waals surface area contributed by atoms with Gasteiger partial charge in [0.1, 0.15) is 37.4 Å². The van der Waals surface area contributed by atoms with Crippen LogP contribution >= 0.6 is 0 Å². The van der Waals surface area contributed by atoms with E-state index in [1.165, 1.54) is 0 Å². The largest absolute Gasteiger partial charge is 0.481 e. The number of hydrogen-bond acceptors (Lipinski definition) is 14. The Bertz CT molecular complexity index is 2830. The van der Waals surface area contributed by atoms with Crippen LogP contribution < -0.4 is 44.2 Å². The van der Waals surface area contributed by atoms with E-state index in [0.717, 1.165) is 44.5 Å². The number of rotatable bonds is 16. The molecule has 420 valence electrons. The van der Waals surface area contributed by atoms with E-state index in [1.54, 1.807) is 24.3 Å². The zero-order chi connectivity index (χ0) is 57.6. The molecule has 26 heteroatoms. The number of nitrogens with two attached hydrogens (primary N) is 4. The van der Waals surface area contributed by atoms with Gasteiger partial charge in [0.25, 0.3) is 11.8 Å². The summed E-state index contributed by atoms with van der Waals surface area (Å²) in [5.74, 6) is -13.1. The van der Waals surface area contributed by atoms with Gasteiger partial charge in [0.15, 0.2) is 11.9 Å². The maximum Gasteiger partial charge on any atom is 0.417 e. The van der Waals surface area contributed by atoms with Gasteiger partial charge >= 0.3 is 24.1 Å². The van der Waals surface area contributed by atoms with Crippen molar-refractivity contribution in [1.29, 1.82) is 0 Å². The molecule has 14 N–H and O–H groups in total. The fraction of sp³-hybridized carbons (Fsp3) is 0.333. The van der Waals surface area contributed by atoms with Crippen LogP contribution in [-0.4, -0.2) is 155 Å². The standard InChI is InChI=1S/C54H60N12O14/c55-51(56)59-21-9-19-39-48(74)62-26-44(68)66(54(78)80-28-38-35-17-7-3-13-31(35)32-14-4-8-18-36(32)38)42(24-46(71)72)50(76)64-40(20-10-22-60-52(57)58)47(73)61-25-43(67)65(41(23-45(69)70)49(75)63-39)53(77)79-27-37-33-15-5-1-11-29(33)30-12-2-6-16-34(30)37/h1-8,11-18,37-42H,9-10,19-28H2,(H,61,73)(H,62,74)(H,63,75)(H,64,76)(H,69,70)(H,71,72)(H4,55,56,59)(H4,57,58,60)/t39-,40-,41-,42+/m0/s1. The van der Waals surface area contributed by atoms with Gasteiger partial charge in [-0.05, 0) is 70.2 Å². The number of carboxylic acid groups (broad SMARTS) is 2. The van der Waals surface area contributed by atoms with Crippen molar-refractivity contribution in [3.05, 3.63) is 119 Å². The summed E-state index contributed by atoms with van der Waals surface area (Å²) in [7, 11) is 0. The Balaban J connectivity index is 1.24. The molecule has 4 aromatic rings. The van der Waals surface area contributed by atoms with Gasteiger partial charge in [-0.3, -0.25) is 48.3 Å². The van der Waals surface area contributed by atoms with Crippen molar-refractivity contribution in [2.24, 2.45) is 32.9 Å². The number of imide groups is 2. The average molecular weight is 1100 g/mol. The highest BCUT2D eigenvalue weighted by Gasteiger charge is 2.43. The number of aliphatic imine (C=N–C) groups is 2. The predicted molar refractivity (Wildman–Crippen MR) is 286 cm³/mol. The third-order valence-electron chi connectivity index (χ3n) is 13.6. The number of carboxylic acids is 2. The maximum absolute atomic E-state index is 14.5. The van der Waals surface area contributed by atoms with Crippen LogP contribution in [0.5, 0.6) is 0 Å². The van der Waals surface area contributed by atoms with E-state index in [4.69, 9.17) is 32.4 Å². The van der Waals surface area contributed by atoms with Crippen LogP contribution in [0.4, 0.5) is 9.59 Å². The van der Waals surface area contributed by atoms with Crippen molar-refractivity contribution in [3.63, 3.8) is 0 Å². The molecule has 0 saturated carbocycles. The van der Waals surface area contributed by atoms with Crippen molar-refractivity contribution in [3.8, 4) is 22.3 Å². The molecule has 3 aliphatic rings. The van der Waals surface area contributed by atoms with Crippen molar-refractivity contribution < 1.29 is 67.6 Å². The van der Waals surface area contributed by atoms with Crippen molar-refractivity contribution in [2.45, 2.75) is 74.5 Å². The Labute approximate surface area is 457 Å². The number of aliphatic carboxylic acids is 2. The van der Waals surface area contributed by atoms with Crippen molar-refractivity contribution in [2.75, 3.05) is 39.4 Å². The number of fused-ring (bicyclic) bond motifs is 6. The van der Waals surface area contributed by atoms with Crippen LogP contribution in [0.25, 0.3) is 22.3 Å². The highest BCUT2D eigenvalue weighted by atomic mass is 16.6. The van der Waals surface area contributed by atoms with Gasteiger partial charge in [-0.2, -0.15) is 0 Å². The third-order valence-corrected chi connectivity index (χ3v) is 13.6. The normalized spacial score (nSPS) is 18.8. The molecule has 7 rings (SSSR count). The number of carbonyl (C=O) groups is 10. The molecule has 4 aromatic carbocycles. The summed E-state index contributed by atoms with van der Waals surface area (Å²) in [6, 6.07) is 21.1. The Kier molecular flexibility index (Phi) is 19.1. The molecule has 26 nitrogen and oxygen atoms in total. The first-order chi connectivity index (χ1) is 38.3. The van der Waals surface area contributed by atoms with Gasteiger partial charge in [0, 0.05) is 24.9 Å². The molecular weight excluding hydrogens is 1040 g/mol. The van der Waals surface area contributed by atoms with Gasteiger partial charge in [-0.25, -0.2) is 19.4 Å². The SMILES string of the molecule is NC(N)=NCCC[C@@H]1NC(=O)[C@@H](CC(=O)O)N(C(=O)OCC2c3ccccc3-c3ccccc32)C(=O)CNC(=O)[C@H](CCCN=C(N)N)NC(=O)[C@H](CC(=O)O)N(C(=O)OCC2c3ccccc3-c3ccccc32)C(=O)CNC1=O. The van der Waals surface area contributed by atoms with Crippen LogP contribution in [0.15, 0.2) is 107 Å². The number of carbonyl (C=O) groups excluding carboxylic acids is 8. The summed E-state index contributed by atoms with van der Waals surface area (Å²) in [5.41, 5.74) is 28.4. The lowest BCUT2D eigenvalue weighted by molar-refractivity contribution is -0.147. The summed E-state index contributed by atoms with van der Waals surface area (Å²) >= 11 is 0. The molecule has 0 spiro atoms. The molecule has 0 unspecified atom stereocenters. The molecule has 2 aliphatic carbocycles. The number of benzene rings is 4. The average Bonchev–Trinajstić information content (AvgIpc) is 4.01. The van der Waals surface area contributed by atoms with Crippen molar-refractivity contribution >= 4 is 71.5 Å². The lowest BCUT2D eigenvalue weighted by Crippen LogP contribution is -2.61. The molecule has 1 fully saturated rings. The number of ether oxygens (including phenoxy) is 2. The van der Waals surface area contributed by atoms with E-state index in [2.05, 4.69) is 31.3 Å². The minimum Gasteiger partial charge on any atom is -0.481 e. The molecule has 4 atom stereocenters. The number of guanidine groups is 2. The number of nitrogens with one attached hydrogen (secondary N) is 4. The van der Waals surface area contributed by atoms with E-state index in [0.29, 0.717) is 0 Å². The lowest BCUT2D eigenvalue weighted by atomic mass is 9.98. The maximum atomic E-state index is 14.5. The molecule has 8 amide bonds. The zero-order valence-corrected chi connectivity index (χ0v) is 43.1. The lowest BCUT2D eigenvalue weighted by Gasteiger charge is -2.31. The monoisotopic (exact) mass is 1100 g/mol. The van der Waals surface area contributed by atoms with Crippen LogP contribution in [0.3, 0.4) is 0 Å². The number of hydrogen-bond donors (Lipinski definition) is 10. The van der Waals surface area contributed by atoms with Gasteiger partial charge in [0.2, 0.25) is 23.6 Å². The van der Waals surface area contributed by atoms with E-state index in [9.17, 15) is 58.2 Å². The second-order valence-electron chi connectivity index (χ2n) is 18.8. The van der Waals surface area contributed by atoms with E-state index >= 15 is 0 Å². The first-order valence-electron chi connectivity index (χ1n) is 25.4. The minimum atomic E-state index is -2.28. The third kappa shape index (κ3) is 14.0. The Morgan fingerprint density at radius 2 is 0.812 bits per heavy atom. The molecule has 1 aliphatic heterocycles. The molecule has 1 saturated heterocycles. The quantitative estimate of drug-likeness (QED) is 0.0416. The number of amides is 8. The van der Waals surface area contributed by atoms with E-state index in [-0.39, 0.29) is 60.5 Å². The molecular formula is C54H60N12O14. The minimum absolute atomic E-state index is 0.0608. The Morgan fingerprint density at radius 1 is 0.500 bits per heavy atom. The Morgan fingerprint density at radius 3 is 1.11 bits per heavy atom. The van der Waals surface area contributed by atoms with Crippen LogP contribution in [0.1, 0.15) is 72.6 Å². The van der Waals surface area contributed by atoms with E-state index in [1.807, 2.05) is 72.8 Å². The zero-order valence-electron chi connectivity index (χ0n) is 43.1. The molecule has 0 bridgehead atoms. The first-order valence-corrected chi connectivity index (χ1v) is 25.4. The Hall–Kier alpha value is -9.88. The molecule has 0 radical (unpaired) electrons. The van der Waals surface area contributed by atoms with Crippen LogP contribution in [-0.2, 0) is 47.8 Å². The fourth-order valence-electron chi connectivity index (χ4n) is 9.89. The predicted octanol–water partition coefficient (Wildman–Crippen LogP) is 0.551. The summed E-state index contributed by atoms with van der Waals surface area (Å²) in [6.07, 6.45) is -6.38. The highest BCUT2D eigenvalue weighted by Crippen LogP contribution is 2.46. The summed E-state index contributed by atoms with van der Waals surface area (Å²) < 4.78 is 11.5. The second kappa shape index (κ2) is 26.4. The van der Waals surface area contributed by atoms with Gasteiger partial charge in [-0.1, -0.05) is 97.1 Å². The van der Waals surface area contributed by atoms with Crippen LogP contribution in [0.2, 0.25) is 0 Å². The molecule has 80 heavy (non-hydrogen) atoms. The van der Waals surface area contributed by atoms with Gasteiger partial charge in [0.05, 0.1) is 25.9 Å². The van der Waals surface area contributed by atoms with Gasteiger partial charge < -0.3 is 63.9 Å². The first kappa shape index (κ1) is 57.8. The fourth-order valence-corrected chi connectivity index (χ4v) is 9.89. The van der Waals surface area contributed by atoms with Crippen molar-refractivity contribution in [1.82, 2.24) is 31.1 Å². The molecule has 0 aromatic heterocycles. The summed E-state index contributed by atoms with van der Waals surface area (Å²) in [4.78, 5) is 149. The van der Waals surface area contributed by atoms with E-state index < -0.39 is 135 Å². The van der Waals surface area contributed by atoms with Gasteiger partial charge in [-0.15, -0.1) is 0 Å². The summed E-state index contributed by atoms with van der Waals surface area (Å²) in [5, 5.41) is 29.6. The van der Waals surface area contributed by atoms with Crippen LogP contribution in [0, 0.1) is 0 Å².